The van der Waals surface area contributed by atoms with Crippen LogP contribution in [-0.4, -0.2) is 45.0 Å². The van der Waals surface area contributed by atoms with Crippen LogP contribution in [0.15, 0.2) is 70.6 Å². The number of nitrogens with zero attached hydrogens (tertiary/aromatic N) is 1. The summed E-state index contributed by atoms with van der Waals surface area (Å²) in [6.07, 6.45) is 6.18. The number of aliphatic hydroxyl groups excluding tert-OH is 1. The van der Waals surface area contributed by atoms with Gasteiger partial charge in [-0.2, -0.15) is 13.2 Å². The Morgan fingerprint density at radius 1 is 1.04 bits per heavy atom. The minimum atomic E-state index is -4.57. The zero-order valence-electron chi connectivity index (χ0n) is 28.0. The van der Waals surface area contributed by atoms with Crippen molar-refractivity contribution in [3.63, 3.8) is 0 Å². The average Bonchev–Trinajstić information content (AvgIpc) is 3.60. The molecule has 2 N–H and O–H groups in total. The second kappa shape index (κ2) is 11.2. The highest BCUT2D eigenvalue weighted by atomic mass is 32.2. The van der Waals surface area contributed by atoms with Gasteiger partial charge >= 0.3 is 6.18 Å². The predicted molar refractivity (Wildman–Crippen MR) is 186 cm³/mol. The molecule has 1 unspecified atom stereocenters. The van der Waals surface area contributed by atoms with E-state index in [0.717, 1.165) is 51.7 Å². The molecule has 3 saturated carbocycles. The van der Waals surface area contributed by atoms with E-state index in [1.165, 1.54) is 12.1 Å². The number of fused-ring (bicyclic) bond motifs is 2. The molecule has 0 radical (unpaired) electrons. The first kappa shape index (κ1) is 33.5. The maximum Gasteiger partial charge on any atom is 0.416 e. The van der Waals surface area contributed by atoms with Crippen molar-refractivity contribution in [3.05, 3.63) is 77.4 Å². The van der Waals surface area contributed by atoms with Gasteiger partial charge in [0.1, 0.15) is 5.75 Å². The molecule has 3 aromatic rings. The SMILES string of the molecule is CCOc1ccc2nc(SC[C@]3(O)CC[C@H]4[C@]56C=C[C@@]7(C=C5C(=O)c5cccc(C(F)(F)F)c5)CC(O)CC[C@]7(C)[C@H]6CC[C@@]43C)sc2c1. The third kappa shape index (κ3) is 4.72. The number of aliphatic hydroxyl groups is 2. The first-order chi connectivity index (χ1) is 23.2. The van der Waals surface area contributed by atoms with E-state index in [0.29, 0.717) is 43.6 Å². The molecule has 8 atom stereocenters. The molecule has 10 heteroatoms. The van der Waals surface area contributed by atoms with Crippen molar-refractivity contribution in [3.8, 4) is 5.75 Å². The number of hydrogen-bond acceptors (Lipinski definition) is 7. The summed E-state index contributed by atoms with van der Waals surface area (Å²) < 4.78 is 49.0. The summed E-state index contributed by atoms with van der Waals surface area (Å²) in [5.74, 6) is 0.850. The number of Topliss-reactive ketones (excluding diaryl/α,β-unsaturated/α-hetero) is 1. The zero-order valence-corrected chi connectivity index (χ0v) is 29.6. The third-order valence-corrected chi connectivity index (χ3v) is 15.9. The van der Waals surface area contributed by atoms with Crippen LogP contribution in [0, 0.1) is 33.5 Å². The fourth-order valence-electron chi connectivity index (χ4n) is 11.0. The second-order valence-corrected chi connectivity index (χ2v) is 17.8. The lowest BCUT2D eigenvalue weighted by molar-refractivity contribution is -0.166. The Bertz CT molecular complexity index is 1910. The maximum atomic E-state index is 14.7. The van der Waals surface area contributed by atoms with Gasteiger partial charge in [-0.1, -0.05) is 56.0 Å². The van der Waals surface area contributed by atoms with Crippen molar-refractivity contribution in [2.24, 2.45) is 33.5 Å². The first-order valence-corrected chi connectivity index (χ1v) is 19.2. The molecule has 2 aromatic carbocycles. The third-order valence-electron chi connectivity index (χ3n) is 13.5. The van der Waals surface area contributed by atoms with Crippen molar-refractivity contribution >= 4 is 39.1 Å². The molecule has 1 heterocycles. The normalized spacial score (nSPS) is 37.8. The Morgan fingerprint density at radius 3 is 2.57 bits per heavy atom. The second-order valence-electron chi connectivity index (χ2n) is 15.5. The van der Waals surface area contributed by atoms with Crippen LogP contribution in [0.3, 0.4) is 0 Å². The molecular formula is C39H42F3NO4S2. The lowest BCUT2D eigenvalue weighted by Gasteiger charge is -2.71. The highest BCUT2D eigenvalue weighted by Crippen LogP contribution is 2.78. The van der Waals surface area contributed by atoms with Gasteiger partial charge in [0.2, 0.25) is 0 Å². The van der Waals surface area contributed by atoms with Gasteiger partial charge in [0.25, 0.3) is 0 Å². The van der Waals surface area contributed by atoms with Crippen LogP contribution >= 0.6 is 23.1 Å². The lowest BCUT2D eigenvalue weighted by atomic mass is 9.32. The zero-order chi connectivity index (χ0) is 34.6. The number of carbonyl (C=O) groups is 1. The van der Waals surface area contributed by atoms with Crippen LogP contribution in [0.2, 0.25) is 0 Å². The van der Waals surface area contributed by atoms with Gasteiger partial charge in [0.05, 0.1) is 34.1 Å². The van der Waals surface area contributed by atoms with Gasteiger partial charge in [-0.25, -0.2) is 4.98 Å². The van der Waals surface area contributed by atoms with Crippen LogP contribution < -0.4 is 4.74 Å². The van der Waals surface area contributed by atoms with E-state index in [4.69, 9.17) is 9.72 Å². The Balaban J connectivity index is 1.18. The summed E-state index contributed by atoms with van der Waals surface area (Å²) in [4.78, 5) is 19.5. The largest absolute Gasteiger partial charge is 0.494 e. The van der Waals surface area contributed by atoms with E-state index in [2.05, 4.69) is 26.0 Å². The first-order valence-electron chi connectivity index (χ1n) is 17.4. The van der Waals surface area contributed by atoms with Crippen LogP contribution in [0.5, 0.6) is 5.75 Å². The monoisotopic (exact) mass is 709 g/mol. The molecule has 0 amide bonds. The Labute approximate surface area is 293 Å². The lowest BCUT2D eigenvalue weighted by Crippen LogP contribution is -2.67. The summed E-state index contributed by atoms with van der Waals surface area (Å²) >= 11 is 3.16. The van der Waals surface area contributed by atoms with Gasteiger partial charge in [-0.05, 0) is 99.5 Å². The van der Waals surface area contributed by atoms with Crippen LogP contribution in [0.25, 0.3) is 10.2 Å². The van der Waals surface area contributed by atoms with E-state index >= 15 is 0 Å². The molecule has 5 nitrogen and oxygen atoms in total. The van der Waals surface area contributed by atoms with E-state index < -0.39 is 39.7 Å². The van der Waals surface area contributed by atoms with Gasteiger partial charge < -0.3 is 14.9 Å². The van der Waals surface area contributed by atoms with Gasteiger partial charge in [0.15, 0.2) is 10.1 Å². The molecule has 0 saturated heterocycles. The summed E-state index contributed by atoms with van der Waals surface area (Å²) in [6, 6.07) is 10.7. The van der Waals surface area contributed by atoms with Crippen molar-refractivity contribution in [1.29, 1.82) is 0 Å². The minimum absolute atomic E-state index is 0.0315. The number of halogens is 3. The van der Waals surface area contributed by atoms with Crippen molar-refractivity contribution in [2.75, 3.05) is 12.4 Å². The van der Waals surface area contributed by atoms with Crippen LogP contribution in [-0.2, 0) is 6.18 Å². The molecule has 6 aliphatic carbocycles. The fourth-order valence-corrected chi connectivity index (χ4v) is 13.4. The highest BCUT2D eigenvalue weighted by Gasteiger charge is 2.74. The number of ketones is 1. The van der Waals surface area contributed by atoms with E-state index in [-0.39, 0.29) is 28.6 Å². The molecular weight excluding hydrogens is 668 g/mol. The molecule has 1 aromatic heterocycles. The maximum absolute atomic E-state index is 14.7. The minimum Gasteiger partial charge on any atom is -0.494 e. The number of aromatic nitrogens is 1. The molecule has 0 aliphatic heterocycles. The molecule has 2 spiro atoms. The van der Waals surface area contributed by atoms with Crippen molar-refractivity contribution in [1.82, 2.24) is 4.98 Å². The number of allylic oxidation sites excluding steroid dienone is 4. The summed E-state index contributed by atoms with van der Waals surface area (Å²) in [5, 5.41) is 23.6. The molecule has 3 fully saturated rings. The summed E-state index contributed by atoms with van der Waals surface area (Å²) in [7, 11) is 0. The van der Waals surface area contributed by atoms with Crippen LogP contribution in [0.1, 0.15) is 81.6 Å². The molecule has 6 aliphatic rings. The highest BCUT2D eigenvalue weighted by molar-refractivity contribution is 8.01. The van der Waals surface area contributed by atoms with E-state index in [1.807, 2.05) is 31.2 Å². The van der Waals surface area contributed by atoms with Gasteiger partial charge in [-0.3, -0.25) is 4.79 Å². The van der Waals surface area contributed by atoms with Crippen molar-refractivity contribution < 1.29 is 32.9 Å². The Hall–Kier alpha value is -2.66. The number of rotatable bonds is 7. The van der Waals surface area contributed by atoms with Gasteiger partial charge in [-0.15, -0.1) is 11.3 Å². The topological polar surface area (TPSA) is 79.7 Å². The summed E-state index contributed by atoms with van der Waals surface area (Å²) in [6.45, 7) is 7.01. The molecule has 260 valence electrons. The number of thioether (sulfide) groups is 1. The standard InChI is InChI=1S/C39H42F3NO4S2/c1-4-47-26-8-9-28-29(19-26)49-33(43-28)48-22-37(46)15-12-31-35(37,3)14-11-30-34(2)13-10-25(44)20-36(34)16-17-38(30,31)27(21-36)32(45)23-6-5-7-24(18-23)39(40,41)42/h5-9,16-19,21,25,30-31,44,46H,4,10-15,20,22H2,1-3H3/t25?,30-,31-,34-,35+,36+,37-,38-/m1/s1. The average molecular weight is 710 g/mol. The molecule has 9 rings (SSSR count). The van der Waals surface area contributed by atoms with E-state index in [9.17, 15) is 28.2 Å². The van der Waals surface area contributed by atoms with E-state index in [1.54, 1.807) is 23.1 Å². The number of hydrogen-bond donors (Lipinski definition) is 2. The smallest absolute Gasteiger partial charge is 0.416 e. The number of alkyl halides is 3. The predicted octanol–water partition coefficient (Wildman–Crippen LogP) is 9.28. The Morgan fingerprint density at radius 2 is 1.80 bits per heavy atom. The molecule has 49 heavy (non-hydrogen) atoms. The van der Waals surface area contributed by atoms with Crippen LogP contribution in [0.4, 0.5) is 13.2 Å². The molecule has 2 bridgehead atoms. The number of thiazole rings is 1. The summed E-state index contributed by atoms with van der Waals surface area (Å²) in [5.41, 5.74) is -2.47. The Kier molecular flexibility index (Phi) is 7.63. The number of benzene rings is 2. The quantitative estimate of drug-likeness (QED) is 0.145. The fraction of sp³-hybridized carbons (Fsp3) is 0.538. The van der Waals surface area contributed by atoms with Gasteiger partial charge in [0, 0.05) is 33.1 Å². The number of carbonyl (C=O) groups excluding carboxylic acids is 1. The number of ether oxygens (including phenoxy) is 1. The van der Waals surface area contributed by atoms with Crippen molar-refractivity contribution in [2.45, 2.75) is 87.9 Å².